The Balaban J connectivity index is 1.42. The number of rotatable bonds is 4. The lowest BCUT2D eigenvalue weighted by Crippen LogP contribution is -2.35. The van der Waals surface area contributed by atoms with E-state index in [0.29, 0.717) is 17.7 Å². The molecule has 2 heterocycles. The van der Waals surface area contributed by atoms with Crippen LogP contribution in [0.2, 0.25) is 0 Å². The van der Waals surface area contributed by atoms with Gasteiger partial charge in [0, 0.05) is 30.1 Å². The Morgan fingerprint density at radius 2 is 1.86 bits per heavy atom. The monoisotopic (exact) mass is 405 g/mol. The molecule has 2 aliphatic rings. The molecule has 0 N–H and O–H groups in total. The lowest BCUT2D eigenvalue weighted by atomic mass is 9.96. The Morgan fingerprint density at radius 1 is 1.07 bits per heavy atom. The first-order valence-corrected chi connectivity index (χ1v) is 11.7. The van der Waals surface area contributed by atoms with Crippen molar-refractivity contribution in [1.82, 2.24) is 4.98 Å². The first kappa shape index (κ1) is 20.0. The van der Waals surface area contributed by atoms with Gasteiger partial charge < -0.3 is 4.90 Å². The van der Waals surface area contributed by atoms with Crippen LogP contribution in [-0.2, 0) is 24.1 Å². The molecule has 1 aromatic carbocycles. The van der Waals surface area contributed by atoms with Crippen LogP contribution < -0.4 is 4.90 Å². The average molecular weight is 406 g/mol. The third-order valence-electron chi connectivity index (χ3n) is 5.85. The van der Waals surface area contributed by atoms with Gasteiger partial charge in [0.05, 0.1) is 5.56 Å². The van der Waals surface area contributed by atoms with Crippen molar-refractivity contribution in [3.8, 4) is 6.07 Å². The summed E-state index contributed by atoms with van der Waals surface area (Å²) in [5.74, 6) is 0.812. The molecule has 0 spiro atoms. The second-order valence-electron chi connectivity index (χ2n) is 7.85. The van der Waals surface area contributed by atoms with Crippen molar-refractivity contribution in [1.29, 1.82) is 5.26 Å². The van der Waals surface area contributed by atoms with Gasteiger partial charge >= 0.3 is 0 Å². The Morgan fingerprint density at radius 3 is 2.72 bits per heavy atom. The molecule has 5 heteroatoms. The molecule has 0 saturated carbocycles. The van der Waals surface area contributed by atoms with Crippen LogP contribution in [0.25, 0.3) is 0 Å². The van der Waals surface area contributed by atoms with E-state index in [9.17, 15) is 10.1 Å². The van der Waals surface area contributed by atoms with E-state index in [1.54, 1.807) is 11.8 Å². The predicted molar refractivity (Wildman–Crippen MR) is 117 cm³/mol. The number of aromatic nitrogens is 1. The molecule has 1 aliphatic heterocycles. The summed E-state index contributed by atoms with van der Waals surface area (Å²) in [6.07, 6.45) is 9.41. The summed E-state index contributed by atoms with van der Waals surface area (Å²) in [4.78, 5) is 19.6. The highest BCUT2D eigenvalue weighted by atomic mass is 32.2. The number of hydrogen-bond donors (Lipinski definition) is 0. The molecular formula is C24H27N3OS. The molecular weight excluding hydrogens is 378 g/mol. The van der Waals surface area contributed by atoms with E-state index in [2.05, 4.69) is 12.1 Å². The molecule has 29 heavy (non-hydrogen) atoms. The zero-order valence-corrected chi connectivity index (χ0v) is 17.6. The molecule has 0 fully saturated rings. The molecule has 0 radical (unpaired) electrons. The van der Waals surface area contributed by atoms with Crippen LogP contribution in [-0.4, -0.2) is 23.2 Å². The lowest BCUT2D eigenvalue weighted by molar-refractivity contribution is -0.118. The average Bonchev–Trinajstić information content (AvgIpc) is 2.74. The Kier molecular flexibility index (Phi) is 6.51. The number of anilines is 1. The van der Waals surface area contributed by atoms with Gasteiger partial charge in [0.2, 0.25) is 5.91 Å². The second kappa shape index (κ2) is 9.45. The first-order valence-electron chi connectivity index (χ1n) is 10.7. The number of amides is 1. The van der Waals surface area contributed by atoms with Gasteiger partial charge in [-0.3, -0.25) is 4.79 Å². The number of nitrogens with zero attached hydrogens (tertiary/aromatic N) is 3. The van der Waals surface area contributed by atoms with Gasteiger partial charge in [-0.25, -0.2) is 4.98 Å². The number of thioether (sulfide) groups is 1. The molecule has 0 bridgehead atoms. The number of para-hydroxylation sites is 1. The van der Waals surface area contributed by atoms with Crippen LogP contribution in [0.15, 0.2) is 35.4 Å². The topological polar surface area (TPSA) is 57.0 Å². The normalized spacial score (nSPS) is 16.2. The van der Waals surface area contributed by atoms with Gasteiger partial charge in [-0.15, -0.1) is 11.8 Å². The van der Waals surface area contributed by atoms with Crippen molar-refractivity contribution in [2.24, 2.45) is 0 Å². The Hall–Kier alpha value is -2.32. The van der Waals surface area contributed by atoms with E-state index in [4.69, 9.17) is 4.98 Å². The minimum Gasteiger partial charge on any atom is -0.312 e. The summed E-state index contributed by atoms with van der Waals surface area (Å²) in [6.45, 7) is 0.793. The number of fused-ring (bicyclic) bond motifs is 2. The SMILES string of the molecule is N#Cc1cc2c(nc1SCCC(=O)N1CCCc3ccccc31)CCCCCC2. The van der Waals surface area contributed by atoms with E-state index in [1.807, 2.05) is 29.2 Å². The standard InChI is InChI=1S/C24H27N3OS/c25-17-20-16-19-9-3-1-2-4-11-21(19)26-24(20)29-15-13-23(28)27-14-7-10-18-8-5-6-12-22(18)27/h5-6,8,12,16H,1-4,7,9-11,13-15H2. The van der Waals surface area contributed by atoms with Gasteiger partial charge in [-0.05, 0) is 61.8 Å². The van der Waals surface area contributed by atoms with Crippen LogP contribution in [0.1, 0.15) is 60.9 Å². The van der Waals surface area contributed by atoms with Gasteiger partial charge in [0.1, 0.15) is 11.1 Å². The smallest absolute Gasteiger partial charge is 0.227 e. The summed E-state index contributed by atoms with van der Waals surface area (Å²) in [6, 6.07) is 12.6. The van der Waals surface area contributed by atoms with Crippen LogP contribution in [0.3, 0.4) is 0 Å². The molecule has 0 unspecified atom stereocenters. The van der Waals surface area contributed by atoms with Crippen molar-refractivity contribution in [3.05, 3.63) is 52.7 Å². The lowest BCUT2D eigenvalue weighted by Gasteiger charge is -2.29. The third-order valence-corrected chi connectivity index (χ3v) is 6.85. The van der Waals surface area contributed by atoms with Crippen molar-refractivity contribution < 1.29 is 4.79 Å². The molecule has 4 nitrogen and oxygen atoms in total. The van der Waals surface area contributed by atoms with Crippen molar-refractivity contribution in [3.63, 3.8) is 0 Å². The maximum atomic E-state index is 12.8. The van der Waals surface area contributed by atoms with Crippen LogP contribution in [0, 0.1) is 11.3 Å². The Labute approximate surface area is 177 Å². The second-order valence-corrected chi connectivity index (χ2v) is 8.93. The molecule has 0 atom stereocenters. The largest absolute Gasteiger partial charge is 0.312 e. The summed E-state index contributed by atoms with van der Waals surface area (Å²) in [5, 5.41) is 10.4. The van der Waals surface area contributed by atoms with Crippen LogP contribution >= 0.6 is 11.8 Å². The number of carbonyl (C=O) groups is 1. The summed E-state index contributed by atoms with van der Waals surface area (Å²) in [5.41, 5.74) is 5.37. The molecule has 0 saturated heterocycles. The number of hydrogen-bond acceptors (Lipinski definition) is 4. The highest BCUT2D eigenvalue weighted by Crippen LogP contribution is 2.29. The molecule has 4 rings (SSSR count). The third kappa shape index (κ3) is 4.64. The van der Waals surface area contributed by atoms with Gasteiger partial charge in [0.25, 0.3) is 0 Å². The summed E-state index contributed by atoms with van der Waals surface area (Å²) in [7, 11) is 0. The quantitative estimate of drug-likeness (QED) is 0.666. The fourth-order valence-electron chi connectivity index (χ4n) is 4.32. The zero-order chi connectivity index (χ0) is 20.1. The van der Waals surface area contributed by atoms with Crippen LogP contribution in [0.4, 0.5) is 5.69 Å². The molecule has 1 aromatic heterocycles. The first-order chi connectivity index (χ1) is 14.3. The molecule has 1 amide bonds. The van der Waals surface area contributed by atoms with Gasteiger partial charge in [0.15, 0.2) is 0 Å². The van der Waals surface area contributed by atoms with Crippen molar-refractivity contribution in [2.45, 2.75) is 62.8 Å². The van der Waals surface area contributed by atoms with Crippen LogP contribution in [0.5, 0.6) is 0 Å². The summed E-state index contributed by atoms with van der Waals surface area (Å²) >= 11 is 1.55. The van der Waals surface area contributed by atoms with E-state index < -0.39 is 0 Å². The predicted octanol–water partition coefficient (Wildman–Crippen LogP) is 5.07. The van der Waals surface area contributed by atoms with Crippen molar-refractivity contribution in [2.75, 3.05) is 17.2 Å². The molecule has 150 valence electrons. The maximum Gasteiger partial charge on any atom is 0.227 e. The number of benzene rings is 1. The fraction of sp³-hybridized carbons (Fsp3) is 0.458. The van der Waals surface area contributed by atoms with E-state index in [1.165, 1.54) is 36.8 Å². The maximum absolute atomic E-state index is 12.8. The van der Waals surface area contributed by atoms with Gasteiger partial charge in [-0.2, -0.15) is 5.26 Å². The van der Waals surface area contributed by atoms with Gasteiger partial charge in [-0.1, -0.05) is 31.0 Å². The van der Waals surface area contributed by atoms with Crippen molar-refractivity contribution >= 4 is 23.4 Å². The Bertz CT molecular complexity index is 934. The van der Waals surface area contributed by atoms with E-state index in [-0.39, 0.29) is 5.91 Å². The number of nitriles is 1. The minimum atomic E-state index is 0.161. The minimum absolute atomic E-state index is 0.161. The number of pyridine rings is 1. The number of aryl methyl sites for hydroxylation is 3. The molecule has 2 aromatic rings. The van der Waals surface area contributed by atoms with E-state index in [0.717, 1.165) is 48.6 Å². The zero-order valence-electron chi connectivity index (χ0n) is 16.8. The summed E-state index contributed by atoms with van der Waals surface area (Å²) < 4.78 is 0. The van der Waals surface area contributed by atoms with E-state index >= 15 is 0 Å². The highest BCUT2D eigenvalue weighted by Gasteiger charge is 2.22. The molecule has 1 aliphatic carbocycles. The number of carbonyl (C=O) groups excluding carboxylic acids is 1. The fourth-order valence-corrected chi connectivity index (χ4v) is 5.23. The highest BCUT2D eigenvalue weighted by molar-refractivity contribution is 7.99.